The van der Waals surface area contributed by atoms with Gasteiger partial charge in [-0.1, -0.05) is 0 Å². The summed E-state index contributed by atoms with van der Waals surface area (Å²) in [5.41, 5.74) is -0.166. The molecule has 124 valence electrons. The van der Waals surface area contributed by atoms with Gasteiger partial charge in [-0.3, -0.25) is 4.90 Å². The molecule has 1 unspecified atom stereocenters. The maximum absolute atomic E-state index is 13.0. The zero-order valence-corrected chi connectivity index (χ0v) is 13.0. The van der Waals surface area contributed by atoms with E-state index in [4.69, 9.17) is 4.42 Å². The molecule has 7 heteroatoms. The normalized spacial score (nSPS) is 22.7. The monoisotopic (exact) mass is 325 g/mol. The van der Waals surface area contributed by atoms with Crippen LogP contribution in [-0.2, 0) is 18.3 Å². The molecule has 1 aliphatic heterocycles. The van der Waals surface area contributed by atoms with Crippen molar-refractivity contribution in [2.75, 3.05) is 6.54 Å². The van der Waals surface area contributed by atoms with E-state index in [2.05, 4.69) is 14.9 Å². The number of likely N-dealkylation sites (tertiary alicyclic amines) is 1. The van der Waals surface area contributed by atoms with Crippen LogP contribution in [0.15, 0.2) is 29.1 Å². The van der Waals surface area contributed by atoms with E-state index in [-0.39, 0.29) is 5.82 Å². The number of hydrogen-bond acceptors (Lipinski definition) is 4. The maximum atomic E-state index is 13.0. The molecular weight excluding hydrogens is 307 g/mol. The summed E-state index contributed by atoms with van der Waals surface area (Å²) in [6.45, 7) is 4.88. The Bertz CT molecular complexity index is 684. The number of furan rings is 1. The minimum atomic E-state index is -4.47. The molecule has 3 heterocycles. The van der Waals surface area contributed by atoms with E-state index < -0.39 is 17.4 Å². The highest BCUT2D eigenvalue weighted by atomic mass is 19.4. The fourth-order valence-electron chi connectivity index (χ4n) is 3.08. The van der Waals surface area contributed by atoms with Gasteiger partial charge in [-0.05, 0) is 45.4 Å². The van der Waals surface area contributed by atoms with Gasteiger partial charge < -0.3 is 4.42 Å². The van der Waals surface area contributed by atoms with Gasteiger partial charge in [0.1, 0.15) is 11.5 Å². The van der Waals surface area contributed by atoms with Gasteiger partial charge in [-0.25, -0.2) is 9.97 Å². The molecule has 23 heavy (non-hydrogen) atoms. The molecule has 3 rings (SSSR count). The van der Waals surface area contributed by atoms with Crippen LogP contribution in [0.3, 0.4) is 0 Å². The average molecular weight is 325 g/mol. The second kappa shape index (κ2) is 5.63. The zero-order chi connectivity index (χ0) is 16.7. The van der Waals surface area contributed by atoms with E-state index in [1.807, 2.05) is 13.0 Å². The van der Waals surface area contributed by atoms with Crippen molar-refractivity contribution < 1.29 is 17.6 Å². The fraction of sp³-hybridized carbons (Fsp3) is 0.500. The summed E-state index contributed by atoms with van der Waals surface area (Å²) in [4.78, 5) is 10.3. The third kappa shape index (κ3) is 3.10. The van der Waals surface area contributed by atoms with Crippen molar-refractivity contribution in [2.45, 2.75) is 44.9 Å². The van der Waals surface area contributed by atoms with Crippen LogP contribution in [0.25, 0.3) is 0 Å². The van der Waals surface area contributed by atoms with Crippen molar-refractivity contribution in [2.24, 2.45) is 0 Å². The van der Waals surface area contributed by atoms with Crippen LogP contribution in [0, 0.1) is 6.92 Å². The van der Waals surface area contributed by atoms with Gasteiger partial charge in [0.05, 0.1) is 18.1 Å². The van der Waals surface area contributed by atoms with Crippen LogP contribution in [0.4, 0.5) is 13.2 Å². The van der Waals surface area contributed by atoms with Gasteiger partial charge in [0.15, 0.2) is 0 Å². The number of rotatable bonds is 3. The van der Waals surface area contributed by atoms with Crippen molar-refractivity contribution in [1.29, 1.82) is 0 Å². The molecule has 1 aliphatic rings. The third-order valence-electron chi connectivity index (χ3n) is 4.37. The van der Waals surface area contributed by atoms with E-state index in [0.29, 0.717) is 12.2 Å². The smallest absolute Gasteiger partial charge is 0.433 e. The molecule has 0 aromatic carbocycles. The first-order valence-corrected chi connectivity index (χ1v) is 7.48. The lowest BCUT2D eigenvalue weighted by Gasteiger charge is -2.34. The van der Waals surface area contributed by atoms with Gasteiger partial charge in [-0.2, -0.15) is 13.2 Å². The van der Waals surface area contributed by atoms with Crippen LogP contribution < -0.4 is 0 Å². The topological polar surface area (TPSA) is 42.2 Å². The van der Waals surface area contributed by atoms with Gasteiger partial charge in [0.25, 0.3) is 0 Å². The lowest BCUT2D eigenvalue weighted by molar-refractivity contribution is -0.141. The number of hydrogen-bond donors (Lipinski definition) is 0. The van der Waals surface area contributed by atoms with Crippen LogP contribution in [0.5, 0.6) is 0 Å². The maximum Gasteiger partial charge on any atom is 0.433 e. The Balaban J connectivity index is 1.96. The minimum Gasteiger partial charge on any atom is -0.472 e. The summed E-state index contributed by atoms with van der Waals surface area (Å²) in [5.74, 6) is 0.241. The van der Waals surface area contributed by atoms with E-state index in [1.165, 1.54) is 0 Å². The summed E-state index contributed by atoms with van der Waals surface area (Å²) < 4.78 is 44.2. The Hall–Kier alpha value is -1.89. The van der Waals surface area contributed by atoms with Crippen molar-refractivity contribution >= 4 is 0 Å². The Morgan fingerprint density at radius 2 is 2.13 bits per heavy atom. The molecule has 1 atom stereocenters. The van der Waals surface area contributed by atoms with Gasteiger partial charge >= 0.3 is 6.18 Å². The van der Waals surface area contributed by atoms with E-state index >= 15 is 0 Å². The van der Waals surface area contributed by atoms with E-state index in [1.54, 1.807) is 19.5 Å². The summed E-state index contributed by atoms with van der Waals surface area (Å²) in [6.07, 6.45) is 0.399. The van der Waals surface area contributed by atoms with Gasteiger partial charge in [0, 0.05) is 17.8 Å². The standard InChI is InChI=1S/C16H18F3N3O/c1-11-8-13(16(17,18)19)21-14(20-11)15(2)5-3-6-22(15)9-12-4-7-23-10-12/h4,7-8,10H,3,5-6,9H2,1-2H3. The Labute approximate surface area is 132 Å². The molecule has 1 saturated heterocycles. The third-order valence-corrected chi connectivity index (χ3v) is 4.37. The highest BCUT2D eigenvalue weighted by Crippen LogP contribution is 2.39. The molecular formula is C16H18F3N3O. The Kier molecular flexibility index (Phi) is 3.91. The number of halogens is 3. The molecule has 0 radical (unpaired) electrons. The highest BCUT2D eigenvalue weighted by Gasteiger charge is 2.42. The molecule has 0 bridgehead atoms. The number of alkyl halides is 3. The second-order valence-electron chi connectivity index (χ2n) is 6.15. The second-order valence-corrected chi connectivity index (χ2v) is 6.15. The molecule has 0 saturated carbocycles. The molecule has 1 fully saturated rings. The quantitative estimate of drug-likeness (QED) is 0.858. The van der Waals surface area contributed by atoms with Crippen molar-refractivity contribution in [1.82, 2.24) is 14.9 Å². The SMILES string of the molecule is Cc1cc(C(F)(F)F)nc(C2(C)CCCN2Cc2ccoc2)n1. The first kappa shape index (κ1) is 16.0. The largest absolute Gasteiger partial charge is 0.472 e. The molecule has 0 spiro atoms. The average Bonchev–Trinajstić information content (AvgIpc) is 3.09. The summed E-state index contributed by atoms with van der Waals surface area (Å²) >= 11 is 0. The van der Waals surface area contributed by atoms with Crippen LogP contribution >= 0.6 is 0 Å². The number of aryl methyl sites for hydroxylation is 1. The van der Waals surface area contributed by atoms with Gasteiger partial charge in [-0.15, -0.1) is 0 Å². The highest BCUT2D eigenvalue weighted by molar-refractivity contribution is 5.19. The summed E-state index contributed by atoms with van der Waals surface area (Å²) in [6, 6.07) is 2.85. The first-order valence-electron chi connectivity index (χ1n) is 7.48. The predicted molar refractivity (Wildman–Crippen MR) is 77.5 cm³/mol. The molecule has 2 aromatic rings. The van der Waals surface area contributed by atoms with E-state index in [9.17, 15) is 13.2 Å². The minimum absolute atomic E-state index is 0.241. The predicted octanol–water partition coefficient (Wildman–Crippen LogP) is 3.91. The van der Waals surface area contributed by atoms with Crippen LogP contribution in [-0.4, -0.2) is 21.4 Å². The van der Waals surface area contributed by atoms with Crippen LogP contribution in [0.1, 0.15) is 42.5 Å². The number of aromatic nitrogens is 2. The lowest BCUT2D eigenvalue weighted by atomic mass is 9.97. The molecule has 2 aromatic heterocycles. The first-order chi connectivity index (χ1) is 10.8. The lowest BCUT2D eigenvalue weighted by Crippen LogP contribution is -2.40. The Morgan fingerprint density at radius 1 is 1.35 bits per heavy atom. The van der Waals surface area contributed by atoms with Crippen molar-refractivity contribution in [3.8, 4) is 0 Å². The molecule has 0 N–H and O–H groups in total. The van der Waals surface area contributed by atoms with Crippen molar-refractivity contribution in [3.63, 3.8) is 0 Å². The Morgan fingerprint density at radius 3 is 2.78 bits per heavy atom. The van der Waals surface area contributed by atoms with E-state index in [0.717, 1.165) is 31.0 Å². The molecule has 0 aliphatic carbocycles. The number of nitrogens with zero attached hydrogens (tertiary/aromatic N) is 3. The summed E-state index contributed by atoms with van der Waals surface area (Å²) in [7, 11) is 0. The van der Waals surface area contributed by atoms with Crippen LogP contribution in [0.2, 0.25) is 0 Å². The fourth-order valence-corrected chi connectivity index (χ4v) is 3.08. The molecule has 0 amide bonds. The zero-order valence-electron chi connectivity index (χ0n) is 13.0. The van der Waals surface area contributed by atoms with Crippen molar-refractivity contribution in [3.05, 3.63) is 47.4 Å². The molecule has 4 nitrogen and oxygen atoms in total. The van der Waals surface area contributed by atoms with Gasteiger partial charge in [0.2, 0.25) is 0 Å². The summed E-state index contributed by atoms with van der Waals surface area (Å²) in [5, 5.41) is 0.